The summed E-state index contributed by atoms with van der Waals surface area (Å²) in [5.74, 6) is 9.44. The number of aliphatic hydroxyl groups is 2. The second-order valence-corrected chi connectivity index (χ2v) is 37.1. The maximum Gasteiger partial charge on any atom is 0.196 e. The van der Waals surface area contributed by atoms with Crippen LogP contribution in [0.2, 0.25) is 25.1 Å². The number of aryl methyl sites for hydroxylation is 4. The number of ketones is 4. The van der Waals surface area contributed by atoms with Gasteiger partial charge in [-0.2, -0.15) is 15.4 Å². The zero-order valence-corrected chi connectivity index (χ0v) is 79.6. The standard InChI is InChI=1S/C21H20ClN3O2S2.C21H18ClN3OS2.C13H8ClNOS2.C12H10ClNOS.C9H6ClNO.C9H13NO.C6H12O2S2.5CH4/c1-13-12-29-20(18(13)19(26)15-5-7-16(22)8-6-15)24-21(28)25(23)11-14-3-9-17(27-2)10-4-14;1-13-12-28-20-18(13)19(15-5-7-16(22)8-6-15)24-25(21(27)23-20)11-14-3-9-17(26-2)10-4-14;1-8-6-18-13(15-7-17)11(8)12(16)9-2-4-10(14)5-3-9;1-7-6-16-12(14)10(7)11(15)8-2-4-9(13)5-3-8;10-8-3-1-7(2-4-8)9(12)5-6-11;1-11-9-4-2-8(3-5-9)6-7-10;1-5(7)3-10-6(2,8)4-9-5;;;;;/h3-10,12H,11,23H2,1-2H3,(H,24,28);3-10,12H,11H2,1-2H3,(H,23,27);2-6H,1H3;2-6H,14H2,1H3;1-4H,5H2;2-5H,6-7,10H2,1H3;7-8H,3-4H2,1-2H3;5*1H4. The number of Topliss-reactive ketones (excluding diaryl/α,β-unsaturated/α-hetero) is 1. The van der Waals surface area contributed by atoms with Crippen molar-refractivity contribution in [1.82, 2.24) is 10.0 Å². The van der Waals surface area contributed by atoms with Crippen molar-refractivity contribution in [3.8, 4) is 23.3 Å². The van der Waals surface area contributed by atoms with E-state index in [0.717, 1.165) is 78.9 Å². The lowest BCUT2D eigenvalue weighted by molar-refractivity contribution is 0.0994. The molecule has 129 heavy (non-hydrogen) atoms. The second kappa shape index (κ2) is 55.8. The van der Waals surface area contributed by atoms with Gasteiger partial charge in [-0.1, -0.05) is 144 Å². The number of hydrazine groups is 1. The fourth-order valence-corrected chi connectivity index (χ4v) is 18.3. The van der Waals surface area contributed by atoms with Crippen molar-refractivity contribution in [2.24, 2.45) is 21.7 Å². The van der Waals surface area contributed by atoms with E-state index in [0.29, 0.717) is 120 Å². The first-order chi connectivity index (χ1) is 59.2. The fourth-order valence-electron chi connectivity index (χ4n) is 11.3. The highest BCUT2D eigenvalue weighted by atomic mass is 35.5. The van der Waals surface area contributed by atoms with Gasteiger partial charge in [0.2, 0.25) is 0 Å². The maximum atomic E-state index is 13.0. The number of thioether (sulfide) groups is 2. The van der Waals surface area contributed by atoms with Gasteiger partial charge >= 0.3 is 0 Å². The number of nitriles is 1. The summed E-state index contributed by atoms with van der Waals surface area (Å²) in [6, 6.07) is 59.9. The molecule has 0 saturated carbocycles. The number of nitrogens with zero attached hydrogens (tertiary/aromatic N) is 5. The predicted octanol–water partition coefficient (Wildman–Crippen LogP) is 26.6. The number of rotatable bonds is 20. The van der Waals surface area contributed by atoms with Crippen molar-refractivity contribution in [3.05, 3.63) is 330 Å². The minimum Gasteiger partial charge on any atom is -0.497 e. The van der Waals surface area contributed by atoms with Crippen LogP contribution in [0.25, 0.3) is 0 Å². The van der Waals surface area contributed by atoms with Gasteiger partial charge in [0.25, 0.3) is 0 Å². The van der Waals surface area contributed by atoms with Crippen LogP contribution in [0.1, 0.15) is 166 Å². The normalized spacial score (nSPS) is 13.4. The third-order valence-corrected chi connectivity index (χ3v) is 27.1. The minimum absolute atomic E-state index is 0. The zero-order valence-electron chi connectivity index (χ0n) is 68.5. The molecule has 19 nitrogen and oxygen atoms in total. The van der Waals surface area contributed by atoms with E-state index in [9.17, 15) is 29.4 Å². The molecule has 2 aliphatic rings. The maximum absolute atomic E-state index is 13.0. The van der Waals surface area contributed by atoms with E-state index in [1.54, 1.807) is 150 Å². The third kappa shape index (κ3) is 34.8. The Labute approximate surface area is 824 Å². The number of nitrogens with two attached hydrogens (primary N) is 3. The molecule has 8 aromatic carbocycles. The monoisotopic (exact) mass is 2010 g/mol. The molecule has 2 unspecified atom stereocenters. The molecule has 0 spiro atoms. The Balaban J connectivity index is 0.000000399. The number of thiocarbonyl (C=S) groups is 3. The SMILES string of the molecule is C.C.C.C.C.CC1(O)CSC(C)(O)CS1.COc1ccc(CCN)cc1.COc1ccc(CN(N)C(=S)Nc2scc(C)c2C(=O)c2ccc(Cl)cc2)cc1.COc1ccc(CN2N=C(c3ccc(Cl)cc3)c3c(C)csc3NC2=S)cc1.Cc1csc(N)c1C(=O)c1ccc(Cl)cc1.Cc1csc(N=C=S)c1C(=O)c1ccc(Cl)cc1.N#CCC(=O)c1ccc(Cl)cc1. The molecule has 0 bridgehead atoms. The Morgan fingerprint density at radius 1 is 0.566 bits per heavy atom. The van der Waals surface area contributed by atoms with Crippen LogP contribution in [0.5, 0.6) is 17.2 Å². The average Bonchev–Trinajstić information content (AvgIpc) is 1.89. The quantitative estimate of drug-likeness (QED) is 0.0123. The molecule has 0 amide bonds. The van der Waals surface area contributed by atoms with E-state index in [1.165, 1.54) is 68.1 Å². The van der Waals surface area contributed by atoms with Gasteiger partial charge in [-0.25, -0.2) is 10.9 Å². The Hall–Kier alpha value is -9.23. The highest BCUT2D eigenvalue weighted by molar-refractivity contribution is 8.07. The Morgan fingerprint density at radius 2 is 0.953 bits per heavy atom. The van der Waals surface area contributed by atoms with E-state index in [1.807, 2.05) is 139 Å². The van der Waals surface area contributed by atoms with Gasteiger partial charge in [-0.15, -0.1) is 68.9 Å². The Morgan fingerprint density at radius 3 is 1.37 bits per heavy atom. The summed E-state index contributed by atoms with van der Waals surface area (Å²) in [4.78, 5) is 51.2. The highest BCUT2D eigenvalue weighted by Gasteiger charge is 2.36. The van der Waals surface area contributed by atoms with Gasteiger partial charge in [0.15, 0.2) is 33.4 Å². The van der Waals surface area contributed by atoms with Crippen molar-refractivity contribution < 1.29 is 43.6 Å². The molecule has 14 rings (SSSR count). The lowest BCUT2D eigenvalue weighted by atomic mass is 10.0. The molecule has 12 aromatic rings. The lowest BCUT2D eigenvalue weighted by Crippen LogP contribution is -2.39. The van der Waals surface area contributed by atoms with Crippen LogP contribution >= 0.6 is 164 Å². The molecule has 1 saturated heterocycles. The molecule has 1 fully saturated rings. The number of carbonyl (C=O) groups excluding carboxylic acids is 4. The van der Waals surface area contributed by atoms with Gasteiger partial charge in [0.1, 0.15) is 47.8 Å². The van der Waals surface area contributed by atoms with Crippen LogP contribution in [0, 0.1) is 39.0 Å². The summed E-state index contributed by atoms with van der Waals surface area (Å²) in [5.41, 5.74) is 25.4. The molecule has 684 valence electrons. The summed E-state index contributed by atoms with van der Waals surface area (Å²) in [6.07, 6.45) is 0.853. The molecular formula is C96H107Cl5N10O9S9. The summed E-state index contributed by atoms with van der Waals surface area (Å²) in [6.45, 7) is 13.0. The van der Waals surface area contributed by atoms with Gasteiger partial charge in [0, 0.05) is 70.0 Å². The van der Waals surface area contributed by atoms with E-state index in [4.69, 9.17) is 124 Å². The molecule has 0 aliphatic carbocycles. The van der Waals surface area contributed by atoms with E-state index < -0.39 is 9.87 Å². The van der Waals surface area contributed by atoms with Crippen molar-refractivity contribution in [3.63, 3.8) is 0 Å². The lowest BCUT2D eigenvalue weighted by Gasteiger charge is -2.35. The fraction of sp³-hybridized carbons (Fsp3) is 0.240. The summed E-state index contributed by atoms with van der Waals surface area (Å²) in [5, 5.41) is 58.7. The first kappa shape index (κ1) is 114. The largest absolute Gasteiger partial charge is 0.497 e. The highest BCUT2D eigenvalue weighted by Crippen LogP contribution is 2.42. The van der Waals surface area contributed by atoms with Crippen LogP contribution in [0.3, 0.4) is 0 Å². The number of hydrogen-bond donors (Lipinski definition) is 7. The van der Waals surface area contributed by atoms with Crippen molar-refractivity contribution in [1.29, 1.82) is 5.26 Å². The number of nitrogen functional groups attached to an aromatic ring is 1. The molecule has 2 aliphatic heterocycles. The van der Waals surface area contributed by atoms with E-state index >= 15 is 0 Å². The number of nitrogens with one attached hydrogen (secondary N) is 2. The molecule has 6 heterocycles. The van der Waals surface area contributed by atoms with Crippen molar-refractivity contribution >= 4 is 228 Å². The van der Waals surface area contributed by atoms with Crippen LogP contribution in [-0.2, 0) is 19.5 Å². The number of fused-ring (bicyclic) bond motifs is 1. The number of halogens is 5. The number of aliphatic imine (C=N–C) groups is 1. The number of carbonyl (C=O) groups is 4. The van der Waals surface area contributed by atoms with Crippen LogP contribution in [-0.4, -0.2) is 114 Å². The van der Waals surface area contributed by atoms with Crippen LogP contribution in [0.4, 0.5) is 20.0 Å². The number of ether oxygens (including phenoxy) is 3. The summed E-state index contributed by atoms with van der Waals surface area (Å²) in [7, 11) is 4.94. The topological polar surface area (TPSA) is 294 Å². The van der Waals surface area contributed by atoms with E-state index in [-0.39, 0.29) is 66.7 Å². The van der Waals surface area contributed by atoms with Crippen LogP contribution < -0.4 is 42.2 Å². The van der Waals surface area contributed by atoms with E-state index in [2.05, 4.69) is 45.3 Å². The van der Waals surface area contributed by atoms with Gasteiger partial charge in [-0.05, 0) is 297 Å². The van der Waals surface area contributed by atoms with Gasteiger partial charge in [0.05, 0.1) is 73.8 Å². The number of hydrogen-bond acceptors (Lipinski definition) is 24. The number of anilines is 3. The number of methoxy groups -OCH3 is 3. The second-order valence-electron chi connectivity index (χ2n) is 27.5. The van der Waals surface area contributed by atoms with Gasteiger partial charge < -0.3 is 46.5 Å². The number of hydrazone groups is 1. The Kier molecular flexibility index (Phi) is 49.3. The summed E-state index contributed by atoms with van der Waals surface area (Å²) >= 11 is 53.5. The molecule has 10 N–H and O–H groups in total. The molecular weight excluding hydrogens is 1900 g/mol. The van der Waals surface area contributed by atoms with Crippen molar-refractivity contribution in [2.75, 3.05) is 55.7 Å². The number of thiophene rings is 4. The Bertz CT molecular complexity index is 5700. The molecule has 4 aromatic heterocycles. The summed E-state index contributed by atoms with van der Waals surface area (Å²) < 4.78 is 15.4. The minimum atomic E-state index is -0.646. The zero-order chi connectivity index (χ0) is 90.4. The third-order valence-electron chi connectivity index (χ3n) is 17.9. The number of isothiocyanates is 1. The smallest absolute Gasteiger partial charge is 0.196 e. The van der Waals surface area contributed by atoms with Gasteiger partial charge in [-0.3, -0.25) is 24.2 Å². The number of benzene rings is 8. The molecule has 0 radical (unpaired) electrons. The first-order valence-corrected chi connectivity index (χ1v) is 46.1. The van der Waals surface area contributed by atoms with Crippen LogP contribution in [0.15, 0.2) is 226 Å². The first-order valence-electron chi connectivity index (χ1n) is 37.5. The molecule has 2 atom stereocenters. The average molecular weight is 2010 g/mol. The predicted molar refractivity (Wildman–Crippen MR) is 562 cm³/mol. The van der Waals surface area contributed by atoms with Crippen molar-refractivity contribution in [2.45, 2.75) is 114 Å². The molecule has 33 heteroatoms.